The van der Waals surface area contributed by atoms with Crippen molar-refractivity contribution < 1.29 is 31.1 Å². The first-order valence-corrected chi connectivity index (χ1v) is 6.29. The number of rotatable bonds is 0. The van der Waals surface area contributed by atoms with Gasteiger partial charge < -0.3 is 50.5 Å². The van der Waals surface area contributed by atoms with Crippen LogP contribution in [-0.2, 0) is 50.5 Å². The average Bonchev–Trinajstić information content (AvgIpc) is 1.92. The number of hydrogen-bond donors (Lipinski definition) is 0. The van der Waals surface area contributed by atoms with Gasteiger partial charge in [0.15, 0.2) is 0 Å². The van der Waals surface area contributed by atoms with Gasteiger partial charge in [-0.25, -0.2) is 0 Å². The molecule has 0 aliphatic rings. The van der Waals surface area contributed by atoms with Crippen molar-refractivity contribution in [3.05, 3.63) is 0 Å². The van der Waals surface area contributed by atoms with Gasteiger partial charge in [0.05, 0.1) is 0 Å². The molecule has 0 spiro atoms. The van der Waals surface area contributed by atoms with Crippen molar-refractivity contribution in [1.29, 1.82) is 0 Å². The van der Waals surface area contributed by atoms with Crippen LogP contribution in [0.5, 0.6) is 0 Å². The molecular formula is C8H20S4U. The van der Waals surface area contributed by atoms with Crippen molar-refractivity contribution in [2.24, 2.45) is 0 Å². The van der Waals surface area contributed by atoms with Gasteiger partial charge in [-0.15, -0.1) is 0 Å². The Morgan fingerprint density at radius 2 is 0.538 bits per heavy atom. The standard InChI is InChI=1S/4C2H6S.U/c4*1-2-3;/h4*3H,2H2,1H3;/q;;;;+4/p-4. The van der Waals surface area contributed by atoms with Crippen molar-refractivity contribution in [3.8, 4) is 0 Å². The van der Waals surface area contributed by atoms with Gasteiger partial charge in [-0.05, 0) is 0 Å². The van der Waals surface area contributed by atoms with E-state index in [0.717, 1.165) is 23.0 Å². The Morgan fingerprint density at radius 1 is 0.538 bits per heavy atom. The van der Waals surface area contributed by atoms with Gasteiger partial charge in [0.25, 0.3) is 0 Å². The molecule has 0 nitrogen and oxygen atoms in total. The van der Waals surface area contributed by atoms with Crippen LogP contribution in [-0.4, -0.2) is 23.0 Å². The third kappa shape index (κ3) is 373. The van der Waals surface area contributed by atoms with Crippen molar-refractivity contribution in [1.82, 2.24) is 0 Å². The van der Waals surface area contributed by atoms with Gasteiger partial charge in [0.2, 0.25) is 0 Å². The van der Waals surface area contributed by atoms with Crippen LogP contribution in [0, 0.1) is 31.1 Å². The van der Waals surface area contributed by atoms with Gasteiger partial charge in [-0.1, -0.05) is 27.7 Å². The fourth-order valence-electron chi connectivity index (χ4n) is 0. The molecule has 80 valence electrons. The van der Waals surface area contributed by atoms with Crippen LogP contribution in [0.25, 0.3) is 0 Å². The molecule has 0 heterocycles. The quantitative estimate of drug-likeness (QED) is 0.486. The van der Waals surface area contributed by atoms with E-state index in [1.165, 1.54) is 0 Å². The van der Waals surface area contributed by atoms with E-state index in [4.69, 9.17) is 0 Å². The minimum atomic E-state index is 0. The van der Waals surface area contributed by atoms with E-state index in [0.29, 0.717) is 0 Å². The van der Waals surface area contributed by atoms with Crippen LogP contribution < -0.4 is 0 Å². The molecule has 0 atom stereocenters. The summed E-state index contributed by atoms with van der Waals surface area (Å²) in [6, 6.07) is 0. The van der Waals surface area contributed by atoms with Gasteiger partial charge in [0, 0.05) is 0 Å². The molecule has 13 heavy (non-hydrogen) atoms. The molecule has 0 saturated carbocycles. The number of hydrogen-bond acceptors (Lipinski definition) is 4. The van der Waals surface area contributed by atoms with Crippen LogP contribution in [0.3, 0.4) is 0 Å². The first kappa shape index (κ1) is 29.5. The predicted molar refractivity (Wildman–Crippen MR) is 71.6 cm³/mol. The minimum Gasteiger partial charge on any atom is -0.793 e. The van der Waals surface area contributed by atoms with Crippen LogP contribution >= 0.6 is 0 Å². The van der Waals surface area contributed by atoms with Gasteiger partial charge in [-0.2, -0.15) is 23.0 Å². The maximum absolute atomic E-state index is 4.39. The van der Waals surface area contributed by atoms with E-state index in [1.54, 1.807) is 0 Å². The normalized spacial score (nSPS) is 5.54. The second kappa shape index (κ2) is 62.8. The van der Waals surface area contributed by atoms with Crippen molar-refractivity contribution >= 4 is 50.5 Å². The van der Waals surface area contributed by atoms with E-state index < -0.39 is 0 Å². The predicted octanol–water partition coefficient (Wildman–Crippen LogP) is 2.21. The van der Waals surface area contributed by atoms with E-state index in [2.05, 4.69) is 50.5 Å². The summed E-state index contributed by atoms with van der Waals surface area (Å²) < 4.78 is 0. The van der Waals surface area contributed by atoms with E-state index in [-0.39, 0.29) is 31.1 Å². The Hall–Kier alpha value is 2.45. The molecule has 0 saturated heterocycles. The molecule has 0 rings (SSSR count). The SMILES string of the molecule is CC[S-].CC[S-].CC[S-].CC[S-].[U+4]. The Kier molecular flexibility index (Phi) is 143. The molecule has 0 N–H and O–H groups in total. The molecule has 0 bridgehead atoms. The summed E-state index contributed by atoms with van der Waals surface area (Å²) in [6.07, 6.45) is 0. The second-order valence-corrected chi connectivity index (χ2v) is 3.46. The van der Waals surface area contributed by atoms with E-state index in [1.807, 2.05) is 27.7 Å². The summed E-state index contributed by atoms with van der Waals surface area (Å²) >= 11 is 17.6. The zero-order valence-corrected chi connectivity index (χ0v) is 16.4. The molecule has 5 heteroatoms. The molecule has 0 fully saturated rings. The maximum atomic E-state index is 4.39. The third-order valence-corrected chi connectivity index (χ3v) is 0. The molecule has 0 radical (unpaired) electrons. The van der Waals surface area contributed by atoms with Gasteiger partial charge >= 0.3 is 31.1 Å². The van der Waals surface area contributed by atoms with E-state index >= 15 is 0 Å². The van der Waals surface area contributed by atoms with Gasteiger partial charge in [-0.3, -0.25) is 0 Å². The fourth-order valence-corrected chi connectivity index (χ4v) is 0. The molecule has 0 unspecified atom stereocenters. The first-order valence-electron chi connectivity index (χ1n) is 3.98. The largest absolute Gasteiger partial charge is 4.00 e. The van der Waals surface area contributed by atoms with Crippen LogP contribution in [0.2, 0.25) is 0 Å². The second-order valence-electron chi connectivity index (χ2n) is 1.15. The minimum absolute atomic E-state index is 0. The first-order chi connectivity index (χ1) is 5.66. The molecule has 0 aliphatic carbocycles. The molecule has 0 amide bonds. The molecule has 0 aromatic rings. The van der Waals surface area contributed by atoms with Gasteiger partial charge in [0.1, 0.15) is 0 Å². The van der Waals surface area contributed by atoms with Crippen LogP contribution in [0.4, 0.5) is 0 Å². The monoisotopic (exact) mass is 482 g/mol. The summed E-state index contributed by atoms with van der Waals surface area (Å²) in [5.41, 5.74) is 0. The average molecular weight is 483 g/mol. The van der Waals surface area contributed by atoms with Crippen molar-refractivity contribution in [2.75, 3.05) is 23.0 Å². The Labute approximate surface area is 131 Å². The zero-order valence-electron chi connectivity index (χ0n) is 8.96. The molecular weight excluding hydrogens is 462 g/mol. The summed E-state index contributed by atoms with van der Waals surface area (Å²) in [5, 5.41) is 0. The Balaban J connectivity index is -0.0000000213. The maximum Gasteiger partial charge on any atom is 4.00 e. The fraction of sp³-hybridized carbons (Fsp3) is 1.00. The molecule has 0 aliphatic heterocycles. The topological polar surface area (TPSA) is 0 Å². The van der Waals surface area contributed by atoms with Crippen molar-refractivity contribution in [3.63, 3.8) is 0 Å². The Morgan fingerprint density at radius 3 is 0.538 bits per heavy atom. The summed E-state index contributed by atoms with van der Waals surface area (Å²) in [6.45, 7) is 7.76. The summed E-state index contributed by atoms with van der Waals surface area (Å²) in [5.74, 6) is 3.33. The Bertz CT molecular complexity index is 24.1. The van der Waals surface area contributed by atoms with Crippen LogP contribution in [0.15, 0.2) is 0 Å². The molecule has 0 aromatic heterocycles. The molecule has 0 aromatic carbocycles. The van der Waals surface area contributed by atoms with Crippen molar-refractivity contribution in [2.45, 2.75) is 27.7 Å². The zero-order chi connectivity index (χ0) is 10.8. The third-order valence-electron chi connectivity index (χ3n) is 0. The smallest absolute Gasteiger partial charge is 0.793 e. The summed E-state index contributed by atoms with van der Waals surface area (Å²) in [7, 11) is 0. The van der Waals surface area contributed by atoms with E-state index in [9.17, 15) is 0 Å². The van der Waals surface area contributed by atoms with Crippen LogP contribution in [0.1, 0.15) is 27.7 Å². The summed E-state index contributed by atoms with van der Waals surface area (Å²) in [4.78, 5) is 0.